The van der Waals surface area contributed by atoms with Crippen LogP contribution in [0.25, 0.3) is 10.2 Å². The first kappa shape index (κ1) is 24.2. The standard InChI is InChI=1S/C24H25FN2O6S2/c1-3-31-23(29)20-13(2)18-21(35-20)26-24(27(22(18)28)9-17-5-4-6-32-17)34-11-15-8-16(25)7-14-10-30-12-33-19(14)15/h7-8,17H,3-6,9-12H2,1-2H3/t17-/m0/s1. The maximum absolute atomic E-state index is 14.2. The molecule has 0 bridgehead atoms. The van der Waals surface area contributed by atoms with Gasteiger partial charge in [-0.2, -0.15) is 0 Å². The topological polar surface area (TPSA) is 88.9 Å². The number of benzene rings is 1. The number of nitrogens with zero attached hydrogens (tertiary/aromatic N) is 2. The summed E-state index contributed by atoms with van der Waals surface area (Å²) in [4.78, 5) is 31.7. The molecule has 5 rings (SSSR count). The number of halogens is 1. The largest absolute Gasteiger partial charge is 0.467 e. The van der Waals surface area contributed by atoms with Gasteiger partial charge in [-0.25, -0.2) is 14.2 Å². The van der Waals surface area contributed by atoms with Crippen LogP contribution < -0.4 is 10.3 Å². The molecular weight excluding hydrogens is 495 g/mol. The second-order valence-electron chi connectivity index (χ2n) is 8.35. The minimum absolute atomic E-state index is 0.0859. The molecule has 8 nitrogen and oxygen atoms in total. The maximum atomic E-state index is 14.2. The minimum atomic E-state index is -0.460. The van der Waals surface area contributed by atoms with Crippen LogP contribution >= 0.6 is 23.1 Å². The Bertz CT molecular complexity index is 1330. The number of thiophene rings is 1. The summed E-state index contributed by atoms with van der Waals surface area (Å²) in [7, 11) is 0. The van der Waals surface area contributed by atoms with Crippen molar-refractivity contribution < 1.29 is 28.1 Å². The minimum Gasteiger partial charge on any atom is -0.467 e. The lowest BCUT2D eigenvalue weighted by molar-refractivity contribution is -0.0171. The fourth-order valence-corrected chi connectivity index (χ4v) is 6.45. The van der Waals surface area contributed by atoms with Crippen LogP contribution in [0.4, 0.5) is 4.39 Å². The molecule has 35 heavy (non-hydrogen) atoms. The summed E-state index contributed by atoms with van der Waals surface area (Å²) in [5.74, 6) is 0.119. The van der Waals surface area contributed by atoms with Gasteiger partial charge in [0.2, 0.25) is 0 Å². The van der Waals surface area contributed by atoms with E-state index < -0.39 is 5.97 Å². The molecule has 0 N–H and O–H groups in total. The van der Waals surface area contributed by atoms with Crippen molar-refractivity contribution in [3.8, 4) is 5.75 Å². The summed E-state index contributed by atoms with van der Waals surface area (Å²) in [5, 5.41) is 0.906. The van der Waals surface area contributed by atoms with Crippen molar-refractivity contribution in [2.75, 3.05) is 20.0 Å². The molecule has 186 valence electrons. The van der Waals surface area contributed by atoms with Gasteiger partial charge in [-0.15, -0.1) is 11.3 Å². The molecule has 0 saturated carbocycles. The third kappa shape index (κ3) is 4.82. The molecule has 1 aromatic carbocycles. The summed E-state index contributed by atoms with van der Waals surface area (Å²) in [6.07, 6.45) is 1.71. The predicted octanol–water partition coefficient (Wildman–Crippen LogP) is 4.42. The van der Waals surface area contributed by atoms with E-state index in [9.17, 15) is 14.0 Å². The first-order valence-corrected chi connectivity index (χ1v) is 13.2. The molecule has 3 aromatic rings. The van der Waals surface area contributed by atoms with E-state index in [1.807, 2.05) is 0 Å². The van der Waals surface area contributed by atoms with Gasteiger partial charge in [-0.05, 0) is 44.4 Å². The normalized spacial score (nSPS) is 17.4. The van der Waals surface area contributed by atoms with Crippen molar-refractivity contribution in [2.24, 2.45) is 0 Å². The first-order chi connectivity index (χ1) is 17.0. The van der Waals surface area contributed by atoms with E-state index in [1.165, 1.54) is 23.9 Å². The molecule has 1 atom stereocenters. The number of carbonyl (C=O) groups excluding carboxylic acids is 1. The zero-order chi connectivity index (χ0) is 24.5. The average Bonchev–Trinajstić information content (AvgIpc) is 3.47. The average molecular weight is 521 g/mol. The molecule has 1 fully saturated rings. The van der Waals surface area contributed by atoms with Gasteiger partial charge in [0, 0.05) is 23.5 Å². The summed E-state index contributed by atoms with van der Waals surface area (Å²) >= 11 is 2.48. The molecule has 0 amide bonds. The summed E-state index contributed by atoms with van der Waals surface area (Å²) in [6.45, 7) is 5.14. The number of esters is 1. The fourth-order valence-electron chi connectivity index (χ4n) is 4.36. The Balaban J connectivity index is 1.55. The number of hydrogen-bond donors (Lipinski definition) is 0. The Hall–Kier alpha value is -2.47. The highest BCUT2D eigenvalue weighted by molar-refractivity contribution is 7.98. The van der Waals surface area contributed by atoms with Gasteiger partial charge in [0.15, 0.2) is 11.9 Å². The molecule has 2 aromatic heterocycles. The Morgan fingerprint density at radius 2 is 2.26 bits per heavy atom. The van der Waals surface area contributed by atoms with E-state index in [-0.39, 0.29) is 37.5 Å². The second kappa shape index (κ2) is 10.3. The van der Waals surface area contributed by atoms with Crippen molar-refractivity contribution in [1.82, 2.24) is 9.55 Å². The van der Waals surface area contributed by atoms with Crippen molar-refractivity contribution in [3.05, 3.63) is 49.9 Å². The molecule has 11 heteroatoms. The van der Waals surface area contributed by atoms with E-state index in [4.69, 9.17) is 23.9 Å². The number of hydrogen-bond acceptors (Lipinski definition) is 9. The van der Waals surface area contributed by atoms with Crippen LogP contribution in [0.15, 0.2) is 22.1 Å². The van der Waals surface area contributed by atoms with Gasteiger partial charge >= 0.3 is 5.97 Å². The smallest absolute Gasteiger partial charge is 0.348 e. The van der Waals surface area contributed by atoms with E-state index in [2.05, 4.69) is 0 Å². The van der Waals surface area contributed by atoms with E-state index in [0.717, 1.165) is 24.2 Å². The number of ether oxygens (including phenoxy) is 4. The van der Waals surface area contributed by atoms with Gasteiger partial charge in [0.05, 0.1) is 31.2 Å². The maximum Gasteiger partial charge on any atom is 0.348 e. The van der Waals surface area contributed by atoms with Crippen LogP contribution in [0.5, 0.6) is 5.75 Å². The lowest BCUT2D eigenvalue weighted by atomic mass is 10.1. The van der Waals surface area contributed by atoms with Gasteiger partial charge in [0.1, 0.15) is 21.3 Å². The monoisotopic (exact) mass is 520 g/mol. The van der Waals surface area contributed by atoms with E-state index >= 15 is 0 Å². The van der Waals surface area contributed by atoms with Crippen LogP contribution in [0.1, 0.15) is 46.1 Å². The number of thioether (sulfide) groups is 1. The molecule has 1 saturated heterocycles. The van der Waals surface area contributed by atoms with Gasteiger partial charge < -0.3 is 18.9 Å². The molecule has 0 radical (unpaired) electrons. The zero-order valence-electron chi connectivity index (χ0n) is 19.4. The predicted molar refractivity (Wildman–Crippen MR) is 130 cm³/mol. The molecular formula is C24H25FN2O6S2. The fraction of sp³-hybridized carbons (Fsp3) is 0.458. The second-order valence-corrected chi connectivity index (χ2v) is 10.3. The van der Waals surface area contributed by atoms with E-state index in [0.29, 0.717) is 61.6 Å². The molecule has 0 spiro atoms. The summed E-state index contributed by atoms with van der Waals surface area (Å²) in [6, 6.07) is 2.85. The van der Waals surface area contributed by atoms with E-state index in [1.54, 1.807) is 18.4 Å². The Kier molecular flexibility index (Phi) is 7.10. The van der Waals surface area contributed by atoms with Crippen LogP contribution in [-0.2, 0) is 33.1 Å². The molecule has 4 heterocycles. The highest BCUT2D eigenvalue weighted by Crippen LogP contribution is 2.35. The lowest BCUT2D eigenvalue weighted by Crippen LogP contribution is -2.28. The highest BCUT2D eigenvalue weighted by atomic mass is 32.2. The van der Waals surface area contributed by atoms with Crippen LogP contribution in [-0.4, -0.2) is 41.6 Å². The number of rotatable bonds is 7. The van der Waals surface area contributed by atoms with Crippen molar-refractivity contribution in [3.63, 3.8) is 0 Å². The Morgan fingerprint density at radius 3 is 3.03 bits per heavy atom. The molecule has 2 aliphatic rings. The van der Waals surface area contributed by atoms with Crippen molar-refractivity contribution in [1.29, 1.82) is 0 Å². The van der Waals surface area contributed by atoms with Crippen LogP contribution in [0.3, 0.4) is 0 Å². The van der Waals surface area contributed by atoms with Crippen molar-refractivity contribution in [2.45, 2.75) is 56.9 Å². The van der Waals surface area contributed by atoms with Crippen LogP contribution in [0, 0.1) is 12.7 Å². The number of carbonyl (C=O) groups is 1. The molecule has 2 aliphatic heterocycles. The van der Waals surface area contributed by atoms with Gasteiger partial charge in [0.25, 0.3) is 5.56 Å². The first-order valence-electron chi connectivity index (χ1n) is 11.4. The number of aryl methyl sites for hydroxylation is 1. The number of fused-ring (bicyclic) bond motifs is 2. The summed E-state index contributed by atoms with van der Waals surface area (Å²) in [5.41, 5.74) is 1.68. The van der Waals surface area contributed by atoms with Crippen LogP contribution in [0.2, 0.25) is 0 Å². The third-order valence-electron chi connectivity index (χ3n) is 5.99. The van der Waals surface area contributed by atoms with Gasteiger partial charge in [-0.3, -0.25) is 9.36 Å². The zero-order valence-corrected chi connectivity index (χ0v) is 21.1. The van der Waals surface area contributed by atoms with Gasteiger partial charge in [-0.1, -0.05) is 11.8 Å². The molecule has 0 aliphatic carbocycles. The lowest BCUT2D eigenvalue weighted by Gasteiger charge is -2.21. The number of aromatic nitrogens is 2. The Morgan fingerprint density at radius 1 is 1.40 bits per heavy atom. The molecule has 0 unspecified atom stereocenters. The highest BCUT2D eigenvalue weighted by Gasteiger charge is 2.25. The SMILES string of the molecule is CCOC(=O)c1sc2nc(SCc3cc(F)cc4c3OCOC4)n(C[C@@H]3CCCO3)c(=O)c2c1C. The summed E-state index contributed by atoms with van der Waals surface area (Å²) < 4.78 is 37.7. The Labute approximate surface area is 209 Å². The third-order valence-corrected chi connectivity index (χ3v) is 8.19. The quantitative estimate of drug-likeness (QED) is 0.257. The van der Waals surface area contributed by atoms with Crippen molar-refractivity contribution >= 4 is 39.3 Å².